The number of carbonyl (C=O) groups excluding carboxylic acids is 2. The average Bonchev–Trinajstić information content (AvgIpc) is 2.29. The summed E-state index contributed by atoms with van der Waals surface area (Å²) < 4.78 is 26.8. The molecule has 1 aromatic rings. The second kappa shape index (κ2) is 5.77. The molecule has 0 saturated heterocycles. The van der Waals surface area contributed by atoms with E-state index in [4.69, 9.17) is 11.6 Å². The second-order valence-electron chi connectivity index (χ2n) is 3.61. The van der Waals surface area contributed by atoms with Crippen LogP contribution in [0.15, 0.2) is 12.1 Å². The molecule has 1 unspecified atom stereocenters. The van der Waals surface area contributed by atoms with Crippen molar-refractivity contribution in [3.63, 3.8) is 0 Å². The summed E-state index contributed by atoms with van der Waals surface area (Å²) >= 11 is 5.42. The summed E-state index contributed by atoms with van der Waals surface area (Å²) in [6.45, 7) is 2.78. The number of benzene rings is 1. The largest absolute Gasteiger partial charge is 0.326 e. The molecule has 1 aromatic carbocycles. The van der Waals surface area contributed by atoms with Gasteiger partial charge in [0.25, 0.3) is 0 Å². The fourth-order valence-corrected chi connectivity index (χ4v) is 1.18. The van der Waals surface area contributed by atoms with E-state index in [1.54, 1.807) is 0 Å². The fourth-order valence-electron chi connectivity index (χ4n) is 1.13. The molecule has 0 fully saturated rings. The maximum atomic E-state index is 13.5. The summed E-state index contributed by atoms with van der Waals surface area (Å²) in [4.78, 5) is 22.4. The van der Waals surface area contributed by atoms with Crippen LogP contribution in [-0.2, 0) is 4.79 Å². The first-order valence-electron chi connectivity index (χ1n) is 5.03. The van der Waals surface area contributed by atoms with E-state index >= 15 is 0 Å². The van der Waals surface area contributed by atoms with Crippen molar-refractivity contribution in [3.05, 3.63) is 29.3 Å². The van der Waals surface area contributed by atoms with Gasteiger partial charge >= 0.3 is 6.03 Å². The summed E-state index contributed by atoms with van der Waals surface area (Å²) in [6.07, 6.45) is 0. The Morgan fingerprint density at radius 1 is 1.33 bits per heavy atom. The number of halogens is 3. The van der Waals surface area contributed by atoms with E-state index in [9.17, 15) is 18.4 Å². The number of hydrogen-bond acceptors (Lipinski definition) is 2. The first kappa shape index (κ1) is 14.4. The molecule has 18 heavy (non-hydrogen) atoms. The van der Waals surface area contributed by atoms with Crippen LogP contribution in [0.1, 0.15) is 12.5 Å². The third-order valence-electron chi connectivity index (χ3n) is 2.12. The number of urea groups is 1. The maximum Gasteiger partial charge on any atom is 0.326 e. The van der Waals surface area contributed by atoms with Crippen LogP contribution in [0.3, 0.4) is 0 Å². The summed E-state index contributed by atoms with van der Waals surface area (Å²) in [5, 5.41) is 2.85. The number of amides is 3. The molecule has 0 saturated carbocycles. The van der Waals surface area contributed by atoms with Crippen LogP contribution in [0.25, 0.3) is 0 Å². The van der Waals surface area contributed by atoms with E-state index in [0.29, 0.717) is 0 Å². The number of anilines is 1. The van der Waals surface area contributed by atoms with Crippen molar-refractivity contribution in [2.45, 2.75) is 19.2 Å². The first-order chi connectivity index (χ1) is 8.32. The Balaban J connectivity index is 2.83. The van der Waals surface area contributed by atoms with Gasteiger partial charge in [-0.1, -0.05) is 6.07 Å². The number of imide groups is 1. The van der Waals surface area contributed by atoms with E-state index in [1.165, 1.54) is 19.9 Å². The van der Waals surface area contributed by atoms with Gasteiger partial charge in [0, 0.05) is 0 Å². The normalized spacial score (nSPS) is 11.8. The van der Waals surface area contributed by atoms with Gasteiger partial charge in [-0.2, -0.15) is 0 Å². The molecular formula is C11H11ClF2N2O2. The summed E-state index contributed by atoms with van der Waals surface area (Å²) in [6, 6.07) is 1.20. The van der Waals surface area contributed by atoms with E-state index in [-0.39, 0.29) is 5.56 Å². The summed E-state index contributed by atoms with van der Waals surface area (Å²) in [7, 11) is 0. The van der Waals surface area contributed by atoms with Crippen LogP contribution < -0.4 is 10.6 Å². The van der Waals surface area contributed by atoms with Gasteiger partial charge in [-0.05, 0) is 25.5 Å². The molecular weight excluding hydrogens is 266 g/mol. The highest BCUT2D eigenvalue weighted by Crippen LogP contribution is 2.21. The third-order valence-corrected chi connectivity index (χ3v) is 2.32. The highest BCUT2D eigenvalue weighted by Gasteiger charge is 2.17. The van der Waals surface area contributed by atoms with Gasteiger partial charge in [0.1, 0.15) is 16.9 Å². The molecule has 1 atom stereocenters. The van der Waals surface area contributed by atoms with Gasteiger partial charge < -0.3 is 5.32 Å². The van der Waals surface area contributed by atoms with Crippen LogP contribution in [0.2, 0.25) is 0 Å². The van der Waals surface area contributed by atoms with E-state index < -0.39 is 34.6 Å². The Labute approximate surface area is 107 Å². The van der Waals surface area contributed by atoms with Crippen LogP contribution in [0.5, 0.6) is 0 Å². The van der Waals surface area contributed by atoms with Crippen molar-refractivity contribution >= 4 is 29.2 Å². The predicted molar refractivity (Wildman–Crippen MR) is 63.6 cm³/mol. The fraction of sp³-hybridized carbons (Fsp3) is 0.273. The quantitative estimate of drug-likeness (QED) is 0.816. The van der Waals surface area contributed by atoms with Crippen molar-refractivity contribution in [2.24, 2.45) is 0 Å². The lowest BCUT2D eigenvalue weighted by Crippen LogP contribution is -2.38. The maximum absolute atomic E-state index is 13.5. The standard InChI is InChI=1S/C11H11ClF2N2O2/c1-5-3-4-7(13)9(8(5)14)15-11(18)16-10(17)6(2)12/h3-4,6H,1-2H3,(H2,15,16,17,18). The molecule has 2 N–H and O–H groups in total. The van der Waals surface area contributed by atoms with Crippen molar-refractivity contribution in [2.75, 3.05) is 5.32 Å². The van der Waals surface area contributed by atoms with Crippen molar-refractivity contribution in [1.29, 1.82) is 0 Å². The first-order valence-corrected chi connectivity index (χ1v) is 5.47. The highest BCUT2D eigenvalue weighted by molar-refractivity contribution is 6.31. The smallest absolute Gasteiger partial charge is 0.302 e. The Hall–Kier alpha value is -1.69. The topological polar surface area (TPSA) is 58.2 Å². The zero-order valence-electron chi connectivity index (χ0n) is 9.68. The Bertz CT molecular complexity index is 492. The van der Waals surface area contributed by atoms with Crippen LogP contribution in [0, 0.1) is 18.6 Å². The monoisotopic (exact) mass is 276 g/mol. The number of carbonyl (C=O) groups is 2. The van der Waals surface area contributed by atoms with Gasteiger partial charge in [-0.15, -0.1) is 11.6 Å². The zero-order chi connectivity index (χ0) is 13.9. The molecule has 0 aliphatic rings. The highest BCUT2D eigenvalue weighted by atomic mass is 35.5. The van der Waals surface area contributed by atoms with Gasteiger partial charge in [-0.3, -0.25) is 10.1 Å². The summed E-state index contributed by atoms with van der Waals surface area (Å²) in [5.74, 6) is -2.58. The molecule has 0 aromatic heterocycles. The Morgan fingerprint density at radius 3 is 2.50 bits per heavy atom. The van der Waals surface area contributed by atoms with E-state index in [1.807, 2.05) is 10.6 Å². The zero-order valence-corrected chi connectivity index (χ0v) is 10.4. The molecule has 0 aliphatic heterocycles. The van der Waals surface area contributed by atoms with Crippen molar-refractivity contribution < 1.29 is 18.4 Å². The van der Waals surface area contributed by atoms with Crippen LogP contribution in [0.4, 0.5) is 19.3 Å². The molecule has 0 spiro atoms. The lowest BCUT2D eigenvalue weighted by atomic mass is 10.2. The molecule has 0 radical (unpaired) electrons. The third kappa shape index (κ3) is 3.40. The minimum atomic E-state index is -1.05. The number of hydrogen-bond donors (Lipinski definition) is 2. The van der Waals surface area contributed by atoms with E-state index in [0.717, 1.165) is 6.07 Å². The minimum absolute atomic E-state index is 0.170. The van der Waals surface area contributed by atoms with Gasteiger partial charge in [0.05, 0.1) is 0 Å². The number of alkyl halides is 1. The minimum Gasteiger partial charge on any atom is -0.302 e. The lowest BCUT2D eigenvalue weighted by molar-refractivity contribution is -0.119. The number of nitrogens with one attached hydrogen (secondary N) is 2. The van der Waals surface area contributed by atoms with Gasteiger partial charge in [0.2, 0.25) is 5.91 Å². The predicted octanol–water partition coefficient (Wildman–Crippen LogP) is 2.55. The second-order valence-corrected chi connectivity index (χ2v) is 4.27. The molecule has 4 nitrogen and oxygen atoms in total. The molecule has 0 aliphatic carbocycles. The van der Waals surface area contributed by atoms with Crippen molar-refractivity contribution in [1.82, 2.24) is 5.32 Å². The summed E-state index contributed by atoms with van der Waals surface area (Å²) in [5.41, 5.74) is -0.439. The molecule has 7 heteroatoms. The van der Waals surface area contributed by atoms with Crippen LogP contribution in [-0.4, -0.2) is 17.3 Å². The number of aryl methyl sites for hydroxylation is 1. The molecule has 1 rings (SSSR count). The molecule has 98 valence electrons. The van der Waals surface area contributed by atoms with Gasteiger partial charge in [-0.25, -0.2) is 13.6 Å². The lowest BCUT2D eigenvalue weighted by Gasteiger charge is -2.10. The SMILES string of the molecule is Cc1ccc(F)c(NC(=O)NC(=O)C(C)Cl)c1F. The molecule has 0 bridgehead atoms. The Morgan fingerprint density at radius 2 is 1.94 bits per heavy atom. The average molecular weight is 277 g/mol. The Kier molecular flexibility index (Phi) is 4.61. The molecule has 3 amide bonds. The van der Waals surface area contributed by atoms with Crippen LogP contribution >= 0.6 is 11.6 Å². The van der Waals surface area contributed by atoms with Crippen molar-refractivity contribution in [3.8, 4) is 0 Å². The molecule has 0 heterocycles. The van der Waals surface area contributed by atoms with Gasteiger partial charge in [0.15, 0.2) is 5.82 Å². The van der Waals surface area contributed by atoms with E-state index in [2.05, 4.69) is 0 Å². The number of rotatable bonds is 2.